The van der Waals surface area contributed by atoms with E-state index in [1.807, 2.05) is 11.9 Å². The van der Waals surface area contributed by atoms with Crippen molar-refractivity contribution in [1.82, 2.24) is 4.90 Å². The lowest BCUT2D eigenvalue weighted by atomic mass is 9.88. The molecule has 0 aliphatic heterocycles. The van der Waals surface area contributed by atoms with Crippen molar-refractivity contribution in [2.24, 2.45) is 17.8 Å². The number of hydrogen-bond acceptors (Lipinski definition) is 1. The molecule has 86 valence electrons. The minimum Gasteiger partial charge on any atom is -0.345 e. The number of fused-ring (bicyclic) bond motifs is 2. The molecule has 0 saturated heterocycles. The van der Waals surface area contributed by atoms with Gasteiger partial charge in [0.25, 0.3) is 0 Å². The van der Waals surface area contributed by atoms with E-state index in [4.69, 9.17) is 0 Å². The molecule has 2 nitrogen and oxygen atoms in total. The van der Waals surface area contributed by atoms with E-state index in [0.717, 1.165) is 29.6 Å². The van der Waals surface area contributed by atoms with Crippen LogP contribution in [0.25, 0.3) is 0 Å². The third-order valence-electron chi connectivity index (χ3n) is 4.13. The number of rotatable bonds is 4. The van der Waals surface area contributed by atoms with Gasteiger partial charge in [0.15, 0.2) is 0 Å². The predicted molar refractivity (Wildman–Crippen MR) is 65.0 cm³/mol. The minimum absolute atomic E-state index is 0.287. The Kier molecular flexibility index (Phi) is 3.70. The fourth-order valence-corrected chi connectivity index (χ4v) is 3.66. The van der Waals surface area contributed by atoms with Crippen LogP contribution in [0.3, 0.4) is 0 Å². The van der Waals surface area contributed by atoms with Gasteiger partial charge in [-0.1, -0.05) is 22.4 Å². The highest BCUT2D eigenvalue weighted by Crippen LogP contribution is 2.48. The number of nitrogens with zero attached hydrogens (tertiary/aromatic N) is 1. The first-order valence-electron chi connectivity index (χ1n) is 6.00. The summed E-state index contributed by atoms with van der Waals surface area (Å²) in [7, 11) is 1.96. The van der Waals surface area contributed by atoms with E-state index >= 15 is 0 Å². The lowest BCUT2D eigenvalue weighted by Crippen LogP contribution is -2.33. The summed E-state index contributed by atoms with van der Waals surface area (Å²) >= 11 is 3.32. The Balaban J connectivity index is 1.79. The summed E-state index contributed by atoms with van der Waals surface area (Å²) in [6.45, 7) is 0.993. The van der Waals surface area contributed by atoms with Gasteiger partial charge < -0.3 is 4.90 Å². The molecule has 2 bridgehead atoms. The third-order valence-corrected chi connectivity index (χ3v) is 4.52. The van der Waals surface area contributed by atoms with E-state index in [9.17, 15) is 4.79 Å². The van der Waals surface area contributed by atoms with Crippen molar-refractivity contribution in [3.8, 4) is 0 Å². The Bertz CT molecular complexity index is 244. The Morgan fingerprint density at radius 1 is 1.40 bits per heavy atom. The maximum absolute atomic E-state index is 11.6. The van der Waals surface area contributed by atoms with Gasteiger partial charge in [0.05, 0.1) is 0 Å². The fourth-order valence-electron chi connectivity index (χ4n) is 3.33. The molecule has 2 aliphatic rings. The number of alkyl halides is 1. The van der Waals surface area contributed by atoms with Crippen LogP contribution in [-0.2, 0) is 4.79 Å². The van der Waals surface area contributed by atoms with Crippen molar-refractivity contribution in [2.75, 3.05) is 18.9 Å². The van der Waals surface area contributed by atoms with Crippen LogP contribution in [0.5, 0.6) is 0 Å². The largest absolute Gasteiger partial charge is 0.345 e. The summed E-state index contributed by atoms with van der Waals surface area (Å²) in [6.07, 6.45) is 6.30. The first kappa shape index (κ1) is 11.4. The second-order valence-corrected chi connectivity index (χ2v) is 5.94. The number of carbonyl (C=O) groups excluding carboxylic acids is 1. The topological polar surface area (TPSA) is 20.3 Å². The van der Waals surface area contributed by atoms with Crippen molar-refractivity contribution in [1.29, 1.82) is 0 Å². The molecule has 2 aliphatic carbocycles. The summed E-state index contributed by atoms with van der Waals surface area (Å²) in [6, 6.07) is 0. The summed E-state index contributed by atoms with van der Waals surface area (Å²) in [5.41, 5.74) is 0. The van der Waals surface area contributed by atoms with E-state index in [1.54, 1.807) is 0 Å². The van der Waals surface area contributed by atoms with Crippen molar-refractivity contribution in [2.45, 2.75) is 32.1 Å². The molecule has 2 saturated carbocycles. The summed E-state index contributed by atoms with van der Waals surface area (Å²) in [5, 5.41) is 0.785. The van der Waals surface area contributed by atoms with Crippen LogP contribution in [0, 0.1) is 17.8 Å². The molecule has 0 aromatic heterocycles. The maximum atomic E-state index is 11.6. The molecule has 2 fully saturated rings. The first-order chi connectivity index (χ1) is 7.20. The van der Waals surface area contributed by atoms with E-state index in [-0.39, 0.29) is 5.91 Å². The highest BCUT2D eigenvalue weighted by Gasteiger charge is 2.39. The van der Waals surface area contributed by atoms with Crippen LogP contribution in [-0.4, -0.2) is 29.7 Å². The van der Waals surface area contributed by atoms with Crippen LogP contribution in [0.2, 0.25) is 0 Å². The number of carbonyl (C=O) groups is 1. The molecular weight excluding hydrogens is 254 g/mol. The number of amides is 1. The summed E-state index contributed by atoms with van der Waals surface area (Å²) in [4.78, 5) is 13.6. The van der Waals surface area contributed by atoms with Crippen LogP contribution < -0.4 is 0 Å². The Hall–Kier alpha value is -0.0500. The van der Waals surface area contributed by atoms with E-state index in [1.165, 1.54) is 25.7 Å². The van der Waals surface area contributed by atoms with Crippen LogP contribution >= 0.6 is 15.9 Å². The molecule has 0 radical (unpaired) electrons. The third kappa shape index (κ3) is 2.55. The van der Waals surface area contributed by atoms with Crippen LogP contribution in [0.4, 0.5) is 0 Å². The van der Waals surface area contributed by atoms with Gasteiger partial charge in [0.1, 0.15) is 0 Å². The highest BCUT2D eigenvalue weighted by molar-refractivity contribution is 9.09. The second kappa shape index (κ2) is 4.86. The highest BCUT2D eigenvalue weighted by atomic mass is 79.9. The van der Waals surface area contributed by atoms with Crippen molar-refractivity contribution in [3.05, 3.63) is 0 Å². The minimum atomic E-state index is 0.287. The smallest absolute Gasteiger partial charge is 0.223 e. The first-order valence-corrected chi connectivity index (χ1v) is 7.12. The van der Waals surface area contributed by atoms with E-state index in [0.29, 0.717) is 6.42 Å². The van der Waals surface area contributed by atoms with Gasteiger partial charge in [-0.25, -0.2) is 0 Å². The van der Waals surface area contributed by atoms with Gasteiger partial charge in [-0.2, -0.15) is 0 Å². The molecular formula is C12H20BrNO. The summed E-state index contributed by atoms with van der Waals surface area (Å²) < 4.78 is 0. The Labute approximate surface area is 101 Å². The molecule has 15 heavy (non-hydrogen) atoms. The molecule has 0 aromatic carbocycles. The van der Waals surface area contributed by atoms with Crippen molar-refractivity contribution >= 4 is 21.8 Å². The predicted octanol–water partition coefficient (Wildman–Crippen LogP) is 2.67. The SMILES string of the molecule is CN(CC1CC2CCC1C2)C(=O)CCBr. The molecule has 3 atom stereocenters. The van der Waals surface area contributed by atoms with E-state index < -0.39 is 0 Å². The molecule has 1 amide bonds. The molecule has 3 unspecified atom stereocenters. The van der Waals surface area contributed by atoms with Crippen molar-refractivity contribution < 1.29 is 4.79 Å². The lowest BCUT2D eigenvalue weighted by Gasteiger charge is -2.27. The zero-order valence-corrected chi connectivity index (χ0v) is 11.0. The molecule has 3 heteroatoms. The van der Waals surface area contributed by atoms with E-state index in [2.05, 4.69) is 15.9 Å². The number of halogens is 1. The Morgan fingerprint density at radius 3 is 2.73 bits per heavy atom. The average molecular weight is 274 g/mol. The summed E-state index contributed by atoms with van der Waals surface area (Å²) in [5.74, 6) is 3.00. The number of hydrogen-bond donors (Lipinski definition) is 0. The van der Waals surface area contributed by atoms with Gasteiger partial charge in [-0.3, -0.25) is 4.79 Å². The average Bonchev–Trinajstić information content (AvgIpc) is 2.79. The zero-order valence-electron chi connectivity index (χ0n) is 9.42. The molecule has 0 spiro atoms. The van der Waals surface area contributed by atoms with Gasteiger partial charge in [-0.05, 0) is 37.0 Å². The molecule has 0 N–H and O–H groups in total. The molecule has 0 heterocycles. The quantitative estimate of drug-likeness (QED) is 0.722. The maximum Gasteiger partial charge on any atom is 0.223 e. The monoisotopic (exact) mass is 273 g/mol. The fraction of sp³-hybridized carbons (Fsp3) is 0.917. The standard InChI is InChI=1S/C12H20BrNO/c1-14(12(15)4-5-13)8-11-7-9-2-3-10(11)6-9/h9-11H,2-8H2,1H3. The van der Waals surface area contributed by atoms with Gasteiger partial charge >= 0.3 is 0 Å². The second-order valence-electron chi connectivity index (χ2n) is 5.15. The zero-order chi connectivity index (χ0) is 10.8. The molecule has 2 rings (SSSR count). The van der Waals surface area contributed by atoms with Gasteiger partial charge in [-0.15, -0.1) is 0 Å². The lowest BCUT2D eigenvalue weighted by molar-refractivity contribution is -0.130. The van der Waals surface area contributed by atoms with Crippen LogP contribution in [0.15, 0.2) is 0 Å². The molecule has 0 aromatic rings. The Morgan fingerprint density at radius 2 is 2.20 bits per heavy atom. The van der Waals surface area contributed by atoms with Gasteiger partial charge in [0.2, 0.25) is 5.91 Å². The normalized spacial score (nSPS) is 33.3. The van der Waals surface area contributed by atoms with Crippen LogP contribution in [0.1, 0.15) is 32.1 Å². The van der Waals surface area contributed by atoms with Gasteiger partial charge in [0, 0.05) is 25.3 Å². The van der Waals surface area contributed by atoms with Crippen molar-refractivity contribution in [3.63, 3.8) is 0 Å².